The zero-order chi connectivity index (χ0) is 26.6. The minimum atomic E-state index is -0.702. The molecule has 0 radical (unpaired) electrons. The first-order chi connectivity index (χ1) is 18.3. The minimum Gasteiger partial charge on any atom is -0.364 e. The van der Waals surface area contributed by atoms with E-state index in [0.717, 1.165) is 6.42 Å². The molecule has 11 heteroatoms. The van der Waals surface area contributed by atoms with E-state index in [9.17, 15) is 18.8 Å². The monoisotopic (exact) mass is 532 g/mol. The third kappa shape index (κ3) is 4.16. The SMILES string of the molecule is NC(=O)c1nn(CC(=O)N2[C@@H]3C[C@@H]3C[C@H]2C(=O)Nc2cccc(-c3c(F)cccc3Cl)c2)c2cnccc12. The number of nitrogens with zero attached hydrogens (tertiary/aromatic N) is 4. The van der Waals surface area contributed by atoms with E-state index < -0.39 is 17.8 Å². The van der Waals surface area contributed by atoms with Gasteiger partial charge in [0, 0.05) is 28.9 Å². The Hall–Kier alpha value is -4.31. The van der Waals surface area contributed by atoms with Gasteiger partial charge in [0.2, 0.25) is 11.8 Å². The second kappa shape index (κ2) is 9.21. The van der Waals surface area contributed by atoms with Crippen LogP contribution >= 0.6 is 11.6 Å². The van der Waals surface area contributed by atoms with E-state index in [2.05, 4.69) is 15.4 Å². The van der Waals surface area contributed by atoms with Crippen molar-refractivity contribution >= 4 is 45.9 Å². The van der Waals surface area contributed by atoms with Crippen LogP contribution in [0.15, 0.2) is 60.9 Å². The summed E-state index contributed by atoms with van der Waals surface area (Å²) < 4.78 is 15.8. The van der Waals surface area contributed by atoms with Gasteiger partial charge in [-0.1, -0.05) is 29.8 Å². The van der Waals surface area contributed by atoms with Gasteiger partial charge in [-0.3, -0.25) is 24.0 Å². The lowest BCUT2D eigenvalue weighted by molar-refractivity contribution is -0.138. The van der Waals surface area contributed by atoms with E-state index in [1.165, 1.54) is 29.2 Å². The van der Waals surface area contributed by atoms with Crippen LogP contribution in [0, 0.1) is 11.7 Å². The Bertz CT molecular complexity index is 1600. The molecule has 9 nitrogen and oxygen atoms in total. The number of anilines is 1. The van der Waals surface area contributed by atoms with E-state index in [1.54, 1.807) is 41.3 Å². The van der Waals surface area contributed by atoms with E-state index in [-0.39, 0.29) is 46.6 Å². The lowest BCUT2D eigenvalue weighted by Gasteiger charge is -2.27. The quantitative estimate of drug-likeness (QED) is 0.392. The predicted octanol–water partition coefficient (Wildman–Crippen LogP) is 3.62. The van der Waals surface area contributed by atoms with Crippen LogP contribution in [0.4, 0.5) is 10.1 Å². The molecule has 3 amide bonds. The van der Waals surface area contributed by atoms with E-state index >= 15 is 0 Å². The Morgan fingerprint density at radius 3 is 2.74 bits per heavy atom. The van der Waals surface area contributed by atoms with Gasteiger partial charge < -0.3 is 16.0 Å². The van der Waals surface area contributed by atoms with Gasteiger partial charge in [-0.2, -0.15) is 5.10 Å². The van der Waals surface area contributed by atoms with E-state index in [4.69, 9.17) is 17.3 Å². The molecule has 2 aliphatic rings. The average molecular weight is 533 g/mol. The van der Waals surface area contributed by atoms with Crippen molar-refractivity contribution in [3.8, 4) is 11.1 Å². The van der Waals surface area contributed by atoms with Crippen LogP contribution in [0.5, 0.6) is 0 Å². The molecular formula is C27H22ClFN6O3. The zero-order valence-electron chi connectivity index (χ0n) is 20.0. The van der Waals surface area contributed by atoms with Crippen molar-refractivity contribution in [2.24, 2.45) is 11.7 Å². The highest BCUT2D eigenvalue weighted by Crippen LogP contribution is 2.48. The highest BCUT2D eigenvalue weighted by Gasteiger charge is 2.56. The Balaban J connectivity index is 1.22. The van der Waals surface area contributed by atoms with Gasteiger partial charge in [-0.25, -0.2) is 4.39 Å². The Morgan fingerprint density at radius 2 is 1.95 bits per heavy atom. The van der Waals surface area contributed by atoms with Crippen LogP contribution in [0.2, 0.25) is 5.02 Å². The number of pyridine rings is 1. The number of amides is 3. The lowest BCUT2D eigenvalue weighted by atomic mass is 10.0. The average Bonchev–Trinajstić information content (AvgIpc) is 3.39. The summed E-state index contributed by atoms with van der Waals surface area (Å²) in [5.41, 5.74) is 7.27. The standard InChI is InChI=1S/C27H22ClFN6O3/c28-18-5-2-6-19(29)24(18)14-3-1-4-16(9-14)32-27(38)21-11-15-10-20(15)35(21)23(36)13-34-22-12-31-8-7-17(22)25(33-34)26(30)37/h1-9,12,15,20-21H,10-11,13H2,(H2,30,37)(H,32,38)/t15-,20-,21+/m1/s1. The summed E-state index contributed by atoms with van der Waals surface area (Å²) in [6.45, 7) is -0.163. The fourth-order valence-corrected chi connectivity index (χ4v) is 5.61. The Labute approximate surface area is 221 Å². The molecule has 1 saturated heterocycles. The molecule has 4 aromatic rings. The van der Waals surface area contributed by atoms with Crippen molar-refractivity contribution in [2.45, 2.75) is 31.5 Å². The molecule has 38 heavy (non-hydrogen) atoms. The molecule has 3 atom stereocenters. The number of primary amides is 1. The normalized spacial score (nSPS) is 19.8. The third-order valence-corrected chi connectivity index (χ3v) is 7.46. The molecule has 3 heterocycles. The van der Waals surface area contributed by atoms with Gasteiger partial charge in [0.1, 0.15) is 18.4 Å². The van der Waals surface area contributed by atoms with Crippen LogP contribution < -0.4 is 11.1 Å². The largest absolute Gasteiger partial charge is 0.364 e. The molecule has 0 bridgehead atoms. The van der Waals surface area contributed by atoms with Crippen LogP contribution in [-0.4, -0.2) is 49.5 Å². The van der Waals surface area contributed by atoms with Crippen molar-refractivity contribution in [3.63, 3.8) is 0 Å². The number of likely N-dealkylation sites (tertiary alicyclic amines) is 1. The first-order valence-corrected chi connectivity index (χ1v) is 12.5. The number of nitrogens with one attached hydrogen (secondary N) is 1. The first kappa shape index (κ1) is 24.1. The number of hydrogen-bond donors (Lipinski definition) is 2. The molecule has 6 rings (SSSR count). The van der Waals surface area contributed by atoms with Gasteiger partial charge in [0.15, 0.2) is 5.69 Å². The molecule has 2 aromatic heterocycles. The van der Waals surface area contributed by atoms with E-state index in [1.807, 2.05) is 0 Å². The number of piperidine rings is 1. The fourth-order valence-electron chi connectivity index (χ4n) is 5.33. The summed E-state index contributed by atoms with van der Waals surface area (Å²) >= 11 is 6.21. The van der Waals surface area contributed by atoms with Gasteiger partial charge in [0.25, 0.3) is 5.91 Å². The first-order valence-electron chi connectivity index (χ1n) is 12.1. The summed E-state index contributed by atoms with van der Waals surface area (Å²) in [5, 5.41) is 7.90. The van der Waals surface area contributed by atoms with Crippen LogP contribution in [-0.2, 0) is 16.1 Å². The van der Waals surface area contributed by atoms with Crippen LogP contribution in [0.3, 0.4) is 0 Å². The number of carbonyl (C=O) groups excluding carboxylic acids is 3. The lowest BCUT2D eigenvalue weighted by Crippen LogP contribution is -2.46. The highest BCUT2D eigenvalue weighted by molar-refractivity contribution is 6.33. The van der Waals surface area contributed by atoms with Crippen molar-refractivity contribution in [1.82, 2.24) is 19.7 Å². The molecule has 2 fully saturated rings. The van der Waals surface area contributed by atoms with Crippen molar-refractivity contribution in [3.05, 3.63) is 77.5 Å². The maximum absolute atomic E-state index is 14.4. The number of halogens is 2. The van der Waals surface area contributed by atoms with Gasteiger partial charge in [-0.15, -0.1) is 0 Å². The summed E-state index contributed by atoms with van der Waals surface area (Å²) in [4.78, 5) is 44.3. The number of rotatable bonds is 6. The van der Waals surface area contributed by atoms with Gasteiger partial charge >= 0.3 is 0 Å². The van der Waals surface area contributed by atoms with Crippen LogP contribution in [0.25, 0.3) is 22.0 Å². The topological polar surface area (TPSA) is 123 Å². The van der Waals surface area contributed by atoms with Crippen molar-refractivity contribution in [1.29, 1.82) is 0 Å². The maximum atomic E-state index is 14.4. The second-order valence-corrected chi connectivity index (χ2v) is 9.95. The molecule has 192 valence electrons. The van der Waals surface area contributed by atoms with Crippen molar-refractivity contribution in [2.75, 3.05) is 5.32 Å². The van der Waals surface area contributed by atoms with Gasteiger partial charge in [0.05, 0.1) is 16.7 Å². The van der Waals surface area contributed by atoms with Crippen molar-refractivity contribution < 1.29 is 18.8 Å². The number of hydrogen-bond acceptors (Lipinski definition) is 5. The predicted molar refractivity (Wildman–Crippen MR) is 139 cm³/mol. The van der Waals surface area contributed by atoms with Gasteiger partial charge in [-0.05, 0) is 54.7 Å². The summed E-state index contributed by atoms with van der Waals surface area (Å²) in [5.74, 6) is -1.52. The van der Waals surface area contributed by atoms with Crippen LogP contribution in [0.1, 0.15) is 23.3 Å². The van der Waals surface area contributed by atoms with E-state index in [0.29, 0.717) is 28.6 Å². The minimum absolute atomic E-state index is 0.0163. The molecule has 3 N–H and O–H groups in total. The molecule has 1 aliphatic carbocycles. The molecule has 1 aliphatic heterocycles. The smallest absolute Gasteiger partial charge is 0.269 e. The molecular weight excluding hydrogens is 511 g/mol. The number of aromatic nitrogens is 3. The maximum Gasteiger partial charge on any atom is 0.269 e. The number of benzene rings is 2. The third-order valence-electron chi connectivity index (χ3n) is 7.15. The fraction of sp³-hybridized carbons (Fsp3) is 0.222. The summed E-state index contributed by atoms with van der Waals surface area (Å²) in [6.07, 6.45) is 4.43. The molecule has 0 unspecified atom stereocenters. The number of carbonyl (C=O) groups is 3. The second-order valence-electron chi connectivity index (χ2n) is 9.55. The Kier molecular flexibility index (Phi) is 5.83. The highest BCUT2D eigenvalue weighted by atomic mass is 35.5. The number of nitrogens with two attached hydrogens (primary N) is 1. The molecule has 1 saturated carbocycles. The number of fused-ring (bicyclic) bond motifs is 2. The molecule has 0 spiro atoms. The summed E-state index contributed by atoms with van der Waals surface area (Å²) in [6, 6.07) is 12.2. The molecule has 2 aromatic carbocycles. The summed E-state index contributed by atoms with van der Waals surface area (Å²) in [7, 11) is 0. The Morgan fingerprint density at radius 1 is 1.13 bits per heavy atom. The zero-order valence-corrected chi connectivity index (χ0v) is 20.7.